The average molecular weight is 315 g/mol. The van der Waals surface area contributed by atoms with Crippen molar-refractivity contribution in [3.63, 3.8) is 0 Å². The largest absolute Gasteiger partial charge is 0.383 e. The molecule has 0 spiro atoms. The molecule has 1 unspecified atom stereocenters. The van der Waals surface area contributed by atoms with E-state index in [1.807, 2.05) is 0 Å². The first-order valence-corrected chi connectivity index (χ1v) is 7.98. The molecule has 0 bridgehead atoms. The lowest BCUT2D eigenvalue weighted by atomic mass is 10.1. The average Bonchev–Trinajstić information content (AvgIpc) is 2.47. The van der Waals surface area contributed by atoms with Crippen LogP contribution < -0.4 is 10.0 Å². The van der Waals surface area contributed by atoms with Crippen LogP contribution in [0.2, 0.25) is 0 Å². The summed E-state index contributed by atoms with van der Waals surface area (Å²) in [5.74, 6) is 0. The SMILES string of the molecule is CNc1ccc(S(=O)(=O)NC2CCCOC2)cc1[N+](=O)[O-]. The highest BCUT2D eigenvalue weighted by Crippen LogP contribution is 2.27. The molecule has 116 valence electrons. The van der Waals surface area contributed by atoms with E-state index in [2.05, 4.69) is 10.0 Å². The second kappa shape index (κ2) is 6.37. The highest BCUT2D eigenvalue weighted by molar-refractivity contribution is 7.89. The summed E-state index contributed by atoms with van der Waals surface area (Å²) in [7, 11) is -2.27. The third-order valence-corrected chi connectivity index (χ3v) is 4.75. The summed E-state index contributed by atoms with van der Waals surface area (Å²) in [6.45, 7) is 0.941. The molecule has 0 aromatic heterocycles. The van der Waals surface area contributed by atoms with Crippen LogP contribution in [-0.4, -0.2) is 39.6 Å². The number of ether oxygens (including phenoxy) is 1. The normalized spacial score (nSPS) is 19.2. The zero-order chi connectivity index (χ0) is 15.5. The van der Waals surface area contributed by atoms with Gasteiger partial charge in [-0.2, -0.15) is 0 Å². The van der Waals surface area contributed by atoms with Gasteiger partial charge in [0, 0.05) is 25.8 Å². The lowest BCUT2D eigenvalue weighted by Crippen LogP contribution is -2.40. The Labute approximate surface area is 122 Å². The number of nitrogens with zero attached hydrogens (tertiary/aromatic N) is 1. The van der Waals surface area contributed by atoms with Gasteiger partial charge in [0.15, 0.2) is 0 Å². The molecule has 8 nitrogen and oxygen atoms in total. The summed E-state index contributed by atoms with van der Waals surface area (Å²) in [6.07, 6.45) is 1.47. The summed E-state index contributed by atoms with van der Waals surface area (Å²) in [4.78, 5) is 10.2. The van der Waals surface area contributed by atoms with Crippen LogP contribution in [0.1, 0.15) is 12.8 Å². The van der Waals surface area contributed by atoms with E-state index in [0.29, 0.717) is 19.6 Å². The van der Waals surface area contributed by atoms with Gasteiger partial charge in [0.2, 0.25) is 10.0 Å². The van der Waals surface area contributed by atoms with E-state index in [1.165, 1.54) is 19.2 Å². The van der Waals surface area contributed by atoms with Gasteiger partial charge in [-0.3, -0.25) is 10.1 Å². The number of hydrogen-bond donors (Lipinski definition) is 2. The van der Waals surface area contributed by atoms with E-state index in [-0.39, 0.29) is 22.3 Å². The highest BCUT2D eigenvalue weighted by atomic mass is 32.2. The molecule has 1 aromatic rings. The molecule has 0 aliphatic carbocycles. The van der Waals surface area contributed by atoms with Gasteiger partial charge in [-0.05, 0) is 25.0 Å². The molecule has 1 aromatic carbocycles. The van der Waals surface area contributed by atoms with Crippen LogP contribution in [0.5, 0.6) is 0 Å². The lowest BCUT2D eigenvalue weighted by molar-refractivity contribution is -0.384. The first kappa shape index (κ1) is 15.7. The molecular formula is C12H17N3O5S. The Balaban J connectivity index is 2.27. The van der Waals surface area contributed by atoms with E-state index in [0.717, 1.165) is 12.5 Å². The van der Waals surface area contributed by atoms with Crippen LogP contribution in [0.4, 0.5) is 11.4 Å². The van der Waals surface area contributed by atoms with Crippen molar-refractivity contribution in [2.45, 2.75) is 23.8 Å². The predicted octanol–water partition coefficient (Wildman–Crippen LogP) is 1.09. The molecule has 1 aliphatic heterocycles. The number of benzene rings is 1. The molecule has 0 radical (unpaired) electrons. The highest BCUT2D eigenvalue weighted by Gasteiger charge is 2.25. The van der Waals surface area contributed by atoms with Crippen LogP contribution in [0.15, 0.2) is 23.1 Å². The Bertz CT molecular complexity index is 626. The summed E-state index contributed by atoms with van der Waals surface area (Å²) in [6, 6.07) is 3.47. The minimum absolute atomic E-state index is 0.126. The minimum atomic E-state index is -3.80. The standard InChI is InChI=1S/C12H17N3O5S/c1-13-11-5-4-10(7-12(11)15(16)17)21(18,19)14-9-3-2-6-20-8-9/h4-5,7,9,13-14H,2-3,6,8H2,1H3. The second-order valence-corrected chi connectivity index (χ2v) is 6.44. The first-order valence-electron chi connectivity index (χ1n) is 6.50. The summed E-state index contributed by atoms with van der Waals surface area (Å²) in [5, 5.41) is 13.6. The number of nitro benzene ring substituents is 1. The van der Waals surface area contributed by atoms with E-state index >= 15 is 0 Å². The Morgan fingerprint density at radius 2 is 2.19 bits per heavy atom. The zero-order valence-electron chi connectivity index (χ0n) is 11.5. The minimum Gasteiger partial charge on any atom is -0.383 e. The maximum atomic E-state index is 12.3. The fourth-order valence-electron chi connectivity index (χ4n) is 2.16. The summed E-state index contributed by atoms with van der Waals surface area (Å²) in [5.41, 5.74) is -0.0137. The van der Waals surface area contributed by atoms with Crippen molar-refractivity contribution in [3.8, 4) is 0 Å². The van der Waals surface area contributed by atoms with Gasteiger partial charge >= 0.3 is 0 Å². The van der Waals surface area contributed by atoms with Gasteiger partial charge in [0.05, 0.1) is 16.4 Å². The topological polar surface area (TPSA) is 111 Å². The third-order valence-electron chi connectivity index (χ3n) is 3.23. The predicted molar refractivity (Wildman–Crippen MR) is 76.8 cm³/mol. The van der Waals surface area contributed by atoms with Crippen LogP contribution in [0.25, 0.3) is 0 Å². The van der Waals surface area contributed by atoms with Gasteiger partial charge < -0.3 is 10.1 Å². The van der Waals surface area contributed by atoms with Crippen molar-refractivity contribution in [2.24, 2.45) is 0 Å². The van der Waals surface area contributed by atoms with Gasteiger partial charge in [0.1, 0.15) is 5.69 Å². The van der Waals surface area contributed by atoms with Crippen LogP contribution in [0, 0.1) is 10.1 Å². The van der Waals surface area contributed by atoms with Crippen molar-refractivity contribution in [1.82, 2.24) is 4.72 Å². The van der Waals surface area contributed by atoms with Gasteiger partial charge in [0.25, 0.3) is 5.69 Å². The fourth-order valence-corrected chi connectivity index (χ4v) is 3.44. The van der Waals surface area contributed by atoms with E-state index in [9.17, 15) is 18.5 Å². The number of rotatable bonds is 5. The maximum Gasteiger partial charge on any atom is 0.293 e. The Hall–Kier alpha value is -1.71. The van der Waals surface area contributed by atoms with Crippen LogP contribution in [-0.2, 0) is 14.8 Å². The molecular weight excluding hydrogens is 298 g/mol. The van der Waals surface area contributed by atoms with Crippen LogP contribution in [0.3, 0.4) is 0 Å². The quantitative estimate of drug-likeness (QED) is 0.621. The third kappa shape index (κ3) is 3.69. The fraction of sp³-hybridized carbons (Fsp3) is 0.500. The first-order chi connectivity index (χ1) is 9.94. The van der Waals surface area contributed by atoms with Crippen molar-refractivity contribution in [2.75, 3.05) is 25.6 Å². The lowest BCUT2D eigenvalue weighted by Gasteiger charge is -2.22. The Morgan fingerprint density at radius 3 is 2.76 bits per heavy atom. The number of hydrogen-bond acceptors (Lipinski definition) is 6. The van der Waals surface area contributed by atoms with Crippen molar-refractivity contribution in [3.05, 3.63) is 28.3 Å². The molecule has 9 heteroatoms. The van der Waals surface area contributed by atoms with Gasteiger partial charge in [-0.15, -0.1) is 0 Å². The Kier molecular flexibility index (Phi) is 4.76. The molecule has 1 aliphatic rings. The molecule has 1 heterocycles. The summed E-state index contributed by atoms with van der Waals surface area (Å²) >= 11 is 0. The molecule has 1 saturated heterocycles. The molecule has 2 rings (SSSR count). The number of nitrogens with one attached hydrogen (secondary N) is 2. The van der Waals surface area contributed by atoms with Gasteiger partial charge in [-0.25, -0.2) is 13.1 Å². The van der Waals surface area contributed by atoms with E-state index in [1.54, 1.807) is 0 Å². The number of nitro groups is 1. The van der Waals surface area contributed by atoms with E-state index in [4.69, 9.17) is 4.74 Å². The number of anilines is 1. The molecule has 0 amide bonds. The molecule has 0 saturated carbocycles. The van der Waals surface area contributed by atoms with Crippen molar-refractivity contribution in [1.29, 1.82) is 0 Å². The van der Waals surface area contributed by atoms with Gasteiger partial charge in [-0.1, -0.05) is 0 Å². The smallest absolute Gasteiger partial charge is 0.293 e. The monoisotopic (exact) mass is 315 g/mol. The summed E-state index contributed by atoms with van der Waals surface area (Å²) < 4.78 is 32.3. The molecule has 2 N–H and O–H groups in total. The molecule has 21 heavy (non-hydrogen) atoms. The second-order valence-electron chi connectivity index (χ2n) is 4.72. The number of sulfonamides is 1. The van der Waals surface area contributed by atoms with Crippen molar-refractivity contribution >= 4 is 21.4 Å². The van der Waals surface area contributed by atoms with Crippen LogP contribution >= 0.6 is 0 Å². The molecule has 1 fully saturated rings. The van der Waals surface area contributed by atoms with Crippen molar-refractivity contribution < 1.29 is 18.1 Å². The van der Waals surface area contributed by atoms with E-state index < -0.39 is 14.9 Å². The Morgan fingerprint density at radius 1 is 1.43 bits per heavy atom. The molecule has 1 atom stereocenters. The maximum absolute atomic E-state index is 12.3. The zero-order valence-corrected chi connectivity index (χ0v) is 12.4.